The molecule has 172 valence electrons. The quantitative estimate of drug-likeness (QED) is 0.773. The third-order valence-electron chi connectivity index (χ3n) is 7.59. The first kappa shape index (κ1) is 21.4. The van der Waals surface area contributed by atoms with Gasteiger partial charge >= 0.3 is 0 Å². The van der Waals surface area contributed by atoms with Crippen LogP contribution in [0.2, 0.25) is 0 Å². The Hall–Kier alpha value is -2.45. The highest BCUT2D eigenvalue weighted by atomic mass is 16.5. The molecule has 2 aliphatic heterocycles. The van der Waals surface area contributed by atoms with Crippen molar-refractivity contribution in [1.82, 2.24) is 29.9 Å². The number of ether oxygens (including phenoxy) is 1. The summed E-state index contributed by atoms with van der Waals surface area (Å²) in [5, 5.41) is 11.9. The molecule has 0 radical (unpaired) electrons. The SMILES string of the molecule is COc1ccc(CN2CCC3(C2)Cn2c(nnc2C(=O)NC2CCCCC2)CN3C)cc1. The van der Waals surface area contributed by atoms with E-state index in [-0.39, 0.29) is 17.5 Å². The molecule has 1 spiro atoms. The smallest absolute Gasteiger partial charge is 0.289 e. The van der Waals surface area contributed by atoms with E-state index in [0.717, 1.165) is 63.6 Å². The number of amides is 1. The number of carbonyl (C=O) groups excluding carboxylic acids is 1. The van der Waals surface area contributed by atoms with E-state index >= 15 is 0 Å². The Balaban J connectivity index is 1.28. The molecule has 3 heterocycles. The molecule has 1 unspecified atom stereocenters. The van der Waals surface area contributed by atoms with Crippen LogP contribution in [0.25, 0.3) is 0 Å². The van der Waals surface area contributed by atoms with Gasteiger partial charge in [-0.05, 0) is 44.0 Å². The number of aromatic nitrogens is 3. The molecule has 1 amide bonds. The molecule has 8 heteroatoms. The Morgan fingerprint density at radius 1 is 1.16 bits per heavy atom. The molecule has 2 aromatic rings. The van der Waals surface area contributed by atoms with Crippen LogP contribution in [0.1, 0.15) is 60.5 Å². The normalized spacial score (nSPS) is 24.6. The van der Waals surface area contributed by atoms with Gasteiger partial charge in [-0.2, -0.15) is 0 Å². The van der Waals surface area contributed by atoms with Gasteiger partial charge in [-0.25, -0.2) is 0 Å². The molecule has 8 nitrogen and oxygen atoms in total. The van der Waals surface area contributed by atoms with Crippen molar-refractivity contribution in [3.63, 3.8) is 0 Å². The second-order valence-electron chi connectivity index (χ2n) is 9.72. The number of carbonyl (C=O) groups is 1. The van der Waals surface area contributed by atoms with Crippen molar-refractivity contribution in [2.24, 2.45) is 0 Å². The van der Waals surface area contributed by atoms with E-state index in [1.165, 1.54) is 24.8 Å². The fourth-order valence-electron chi connectivity index (χ4n) is 5.58. The van der Waals surface area contributed by atoms with Gasteiger partial charge in [0.1, 0.15) is 11.6 Å². The van der Waals surface area contributed by atoms with Crippen LogP contribution in [0.4, 0.5) is 0 Å². The molecular formula is C24H34N6O2. The summed E-state index contributed by atoms with van der Waals surface area (Å²) in [5.41, 5.74) is 1.29. The van der Waals surface area contributed by atoms with E-state index in [0.29, 0.717) is 5.82 Å². The predicted octanol–water partition coefficient (Wildman–Crippen LogP) is 2.44. The van der Waals surface area contributed by atoms with Gasteiger partial charge in [0, 0.05) is 32.2 Å². The average Bonchev–Trinajstić information content (AvgIpc) is 3.40. The number of nitrogens with one attached hydrogen (secondary N) is 1. The third kappa shape index (κ3) is 4.13. The number of benzene rings is 1. The number of methoxy groups -OCH3 is 1. The lowest BCUT2D eigenvalue weighted by Gasteiger charge is -2.43. The molecule has 3 aliphatic rings. The monoisotopic (exact) mass is 438 g/mol. The predicted molar refractivity (Wildman–Crippen MR) is 121 cm³/mol. The molecule has 1 aromatic carbocycles. The number of hydrogen-bond donors (Lipinski definition) is 1. The highest BCUT2D eigenvalue weighted by Crippen LogP contribution is 2.35. The Morgan fingerprint density at radius 3 is 2.69 bits per heavy atom. The first-order valence-corrected chi connectivity index (χ1v) is 11.9. The molecule has 1 aliphatic carbocycles. The maximum absolute atomic E-state index is 13.0. The van der Waals surface area contributed by atoms with Crippen LogP contribution < -0.4 is 10.1 Å². The average molecular weight is 439 g/mol. The fraction of sp³-hybridized carbons (Fsp3) is 0.625. The summed E-state index contributed by atoms with van der Waals surface area (Å²) < 4.78 is 7.36. The van der Waals surface area contributed by atoms with Crippen LogP contribution in [0.15, 0.2) is 24.3 Å². The maximum atomic E-state index is 13.0. The van der Waals surface area contributed by atoms with Gasteiger partial charge in [-0.3, -0.25) is 14.6 Å². The van der Waals surface area contributed by atoms with Crippen molar-refractivity contribution in [2.45, 2.75) is 69.7 Å². The van der Waals surface area contributed by atoms with Gasteiger partial charge in [-0.1, -0.05) is 31.4 Å². The minimum absolute atomic E-state index is 0.00171. The largest absolute Gasteiger partial charge is 0.497 e. The standard InChI is InChI=1S/C24H34N6O2/c1-28-15-21-26-27-22(23(31)25-19-6-4-3-5-7-19)30(21)17-24(28)12-13-29(16-24)14-18-8-10-20(32-2)11-9-18/h8-11,19H,3-7,12-17H2,1-2H3,(H,25,31). The minimum atomic E-state index is -0.0663. The van der Waals surface area contributed by atoms with Crippen molar-refractivity contribution < 1.29 is 9.53 Å². The highest BCUT2D eigenvalue weighted by molar-refractivity contribution is 5.91. The van der Waals surface area contributed by atoms with Crippen molar-refractivity contribution in [2.75, 3.05) is 27.2 Å². The van der Waals surface area contributed by atoms with E-state index in [4.69, 9.17) is 4.74 Å². The zero-order valence-electron chi connectivity index (χ0n) is 19.2. The summed E-state index contributed by atoms with van der Waals surface area (Å²) in [6, 6.07) is 8.60. The van der Waals surface area contributed by atoms with Gasteiger partial charge in [-0.15, -0.1) is 10.2 Å². The molecule has 32 heavy (non-hydrogen) atoms. The van der Waals surface area contributed by atoms with E-state index in [9.17, 15) is 4.79 Å². The van der Waals surface area contributed by atoms with Gasteiger partial charge in [0.15, 0.2) is 0 Å². The van der Waals surface area contributed by atoms with E-state index in [1.54, 1.807) is 7.11 Å². The molecular weight excluding hydrogens is 404 g/mol. The van der Waals surface area contributed by atoms with E-state index in [2.05, 4.69) is 49.1 Å². The topological polar surface area (TPSA) is 75.5 Å². The lowest BCUT2D eigenvalue weighted by atomic mass is 9.94. The van der Waals surface area contributed by atoms with Gasteiger partial charge < -0.3 is 14.6 Å². The number of likely N-dealkylation sites (tertiary alicyclic amines) is 1. The molecule has 2 fully saturated rings. The molecule has 1 saturated heterocycles. The highest BCUT2D eigenvalue weighted by Gasteiger charge is 2.46. The Labute approximate surface area is 189 Å². The van der Waals surface area contributed by atoms with Crippen molar-refractivity contribution in [3.05, 3.63) is 41.5 Å². The summed E-state index contributed by atoms with van der Waals surface area (Å²) in [6.07, 6.45) is 6.87. The summed E-state index contributed by atoms with van der Waals surface area (Å²) in [4.78, 5) is 17.9. The van der Waals surface area contributed by atoms with Gasteiger partial charge in [0.05, 0.1) is 19.2 Å². The molecule has 0 bridgehead atoms. The van der Waals surface area contributed by atoms with E-state index < -0.39 is 0 Å². The first-order chi connectivity index (χ1) is 15.6. The van der Waals surface area contributed by atoms with Crippen LogP contribution in [0.5, 0.6) is 5.75 Å². The summed E-state index contributed by atoms with van der Waals surface area (Å²) in [5.74, 6) is 2.19. The zero-order chi connectivity index (χ0) is 22.1. The van der Waals surface area contributed by atoms with Gasteiger partial charge in [0.2, 0.25) is 5.82 Å². The van der Waals surface area contributed by atoms with Crippen LogP contribution in [-0.4, -0.2) is 69.3 Å². The zero-order valence-corrected chi connectivity index (χ0v) is 19.2. The van der Waals surface area contributed by atoms with E-state index in [1.807, 2.05) is 12.1 Å². The maximum Gasteiger partial charge on any atom is 0.289 e. The number of nitrogens with zero attached hydrogens (tertiary/aromatic N) is 5. The van der Waals surface area contributed by atoms with Crippen LogP contribution >= 0.6 is 0 Å². The number of rotatable bonds is 5. The number of hydrogen-bond acceptors (Lipinski definition) is 6. The summed E-state index contributed by atoms with van der Waals surface area (Å²) in [7, 11) is 3.87. The molecule has 1 saturated carbocycles. The van der Waals surface area contributed by atoms with Crippen molar-refractivity contribution in [1.29, 1.82) is 0 Å². The molecule has 1 N–H and O–H groups in total. The molecule has 5 rings (SSSR count). The lowest BCUT2D eigenvalue weighted by Crippen LogP contribution is -2.55. The number of fused-ring (bicyclic) bond motifs is 1. The summed E-state index contributed by atoms with van der Waals surface area (Å²) in [6.45, 7) is 4.41. The second-order valence-corrected chi connectivity index (χ2v) is 9.72. The Kier molecular flexibility index (Phi) is 5.90. The second kappa shape index (κ2) is 8.83. The van der Waals surface area contributed by atoms with Crippen LogP contribution in [0, 0.1) is 0 Å². The molecule has 1 atom stereocenters. The minimum Gasteiger partial charge on any atom is -0.497 e. The Bertz CT molecular complexity index is 952. The van der Waals surface area contributed by atoms with Crippen LogP contribution in [0.3, 0.4) is 0 Å². The van der Waals surface area contributed by atoms with Gasteiger partial charge in [0.25, 0.3) is 5.91 Å². The third-order valence-corrected chi connectivity index (χ3v) is 7.59. The number of likely N-dealkylation sites (N-methyl/N-ethyl adjacent to an activating group) is 1. The molecule has 1 aromatic heterocycles. The lowest BCUT2D eigenvalue weighted by molar-refractivity contribution is 0.0646. The summed E-state index contributed by atoms with van der Waals surface area (Å²) >= 11 is 0. The van der Waals surface area contributed by atoms with Crippen molar-refractivity contribution >= 4 is 5.91 Å². The van der Waals surface area contributed by atoms with Crippen LogP contribution in [-0.2, 0) is 19.6 Å². The Morgan fingerprint density at radius 2 is 1.94 bits per heavy atom. The fourth-order valence-corrected chi connectivity index (χ4v) is 5.58. The first-order valence-electron chi connectivity index (χ1n) is 11.9. The van der Waals surface area contributed by atoms with Crippen molar-refractivity contribution in [3.8, 4) is 5.75 Å².